The zero-order chi connectivity index (χ0) is 12.8. The Balaban J connectivity index is 2.63. The van der Waals surface area contributed by atoms with Gasteiger partial charge in [-0.25, -0.2) is 0 Å². The van der Waals surface area contributed by atoms with Crippen molar-refractivity contribution in [2.75, 3.05) is 0 Å². The quantitative estimate of drug-likeness (QED) is 0.562. The fourth-order valence-electron chi connectivity index (χ4n) is 1.70. The maximum Gasteiger partial charge on any atom is 0.269 e. The molecule has 0 aliphatic carbocycles. The van der Waals surface area contributed by atoms with Gasteiger partial charge >= 0.3 is 0 Å². The summed E-state index contributed by atoms with van der Waals surface area (Å²) in [5, 5.41) is 10.5. The standard InChI is InChI=1S/C13H17NO3/c1-3-4-10(2)13(15)9-11-5-7-12(8-6-11)14(16)17/h5-8,10H,3-4,9H2,1-2H3. The van der Waals surface area contributed by atoms with Crippen molar-refractivity contribution in [3.05, 3.63) is 39.9 Å². The zero-order valence-electron chi connectivity index (χ0n) is 10.2. The monoisotopic (exact) mass is 235 g/mol. The van der Waals surface area contributed by atoms with Gasteiger partial charge in [0, 0.05) is 24.5 Å². The third-order valence-electron chi connectivity index (χ3n) is 2.80. The van der Waals surface area contributed by atoms with Crippen LogP contribution in [0.2, 0.25) is 0 Å². The van der Waals surface area contributed by atoms with Gasteiger partial charge in [0.25, 0.3) is 5.69 Å². The average molecular weight is 235 g/mol. The van der Waals surface area contributed by atoms with Crippen LogP contribution in [0.25, 0.3) is 0 Å². The van der Waals surface area contributed by atoms with E-state index < -0.39 is 4.92 Å². The summed E-state index contributed by atoms with van der Waals surface area (Å²) < 4.78 is 0. The van der Waals surface area contributed by atoms with Crippen molar-refractivity contribution in [3.63, 3.8) is 0 Å². The molecule has 0 aliphatic rings. The van der Waals surface area contributed by atoms with Gasteiger partial charge in [0.1, 0.15) is 5.78 Å². The van der Waals surface area contributed by atoms with E-state index in [2.05, 4.69) is 6.92 Å². The van der Waals surface area contributed by atoms with Crippen molar-refractivity contribution in [3.8, 4) is 0 Å². The Morgan fingerprint density at radius 2 is 1.94 bits per heavy atom. The first-order chi connectivity index (χ1) is 8.04. The van der Waals surface area contributed by atoms with Gasteiger partial charge < -0.3 is 0 Å². The highest BCUT2D eigenvalue weighted by Gasteiger charge is 2.13. The lowest BCUT2D eigenvalue weighted by Crippen LogP contribution is -2.13. The van der Waals surface area contributed by atoms with Crippen LogP contribution in [-0.4, -0.2) is 10.7 Å². The van der Waals surface area contributed by atoms with E-state index >= 15 is 0 Å². The predicted molar refractivity (Wildman–Crippen MR) is 65.9 cm³/mol. The van der Waals surface area contributed by atoms with E-state index in [4.69, 9.17) is 0 Å². The largest absolute Gasteiger partial charge is 0.299 e. The summed E-state index contributed by atoms with van der Waals surface area (Å²) in [5.41, 5.74) is 0.895. The van der Waals surface area contributed by atoms with Crippen molar-refractivity contribution in [1.29, 1.82) is 0 Å². The third kappa shape index (κ3) is 3.98. The molecule has 4 nitrogen and oxygen atoms in total. The van der Waals surface area contributed by atoms with Crippen molar-refractivity contribution < 1.29 is 9.72 Å². The number of nitro groups is 1. The first kappa shape index (κ1) is 13.4. The zero-order valence-corrected chi connectivity index (χ0v) is 10.2. The van der Waals surface area contributed by atoms with Gasteiger partial charge in [0.2, 0.25) is 0 Å². The molecule has 0 amide bonds. The number of carbonyl (C=O) groups is 1. The summed E-state index contributed by atoms with van der Waals surface area (Å²) in [5.74, 6) is 0.260. The van der Waals surface area contributed by atoms with Crippen LogP contribution in [0, 0.1) is 16.0 Å². The summed E-state index contributed by atoms with van der Waals surface area (Å²) in [6.07, 6.45) is 2.25. The van der Waals surface area contributed by atoms with Gasteiger partial charge in [-0.1, -0.05) is 32.4 Å². The topological polar surface area (TPSA) is 60.2 Å². The number of hydrogen-bond acceptors (Lipinski definition) is 3. The van der Waals surface area contributed by atoms with Crippen LogP contribution in [0.5, 0.6) is 0 Å². The lowest BCUT2D eigenvalue weighted by molar-refractivity contribution is -0.384. The van der Waals surface area contributed by atoms with Gasteiger partial charge in [-0.2, -0.15) is 0 Å². The number of nitrogens with zero attached hydrogens (tertiary/aromatic N) is 1. The number of nitro benzene ring substituents is 1. The summed E-state index contributed by atoms with van der Waals surface area (Å²) in [7, 11) is 0. The fourth-order valence-corrected chi connectivity index (χ4v) is 1.70. The molecular weight excluding hydrogens is 218 g/mol. The molecule has 4 heteroatoms. The van der Waals surface area contributed by atoms with E-state index in [-0.39, 0.29) is 17.4 Å². The Kier molecular flexibility index (Phi) is 4.82. The lowest BCUT2D eigenvalue weighted by Gasteiger charge is -2.08. The SMILES string of the molecule is CCCC(C)C(=O)Cc1ccc([N+](=O)[O-])cc1. The molecule has 0 aromatic heterocycles. The van der Waals surface area contributed by atoms with Gasteiger partial charge in [-0.3, -0.25) is 14.9 Å². The van der Waals surface area contributed by atoms with Crippen molar-refractivity contribution in [2.45, 2.75) is 33.1 Å². The highest BCUT2D eigenvalue weighted by atomic mass is 16.6. The lowest BCUT2D eigenvalue weighted by atomic mass is 9.96. The van der Waals surface area contributed by atoms with Crippen molar-refractivity contribution in [1.82, 2.24) is 0 Å². The summed E-state index contributed by atoms with van der Waals surface area (Å²) in [4.78, 5) is 21.8. The number of benzene rings is 1. The Labute approximate surface area is 101 Å². The van der Waals surface area contributed by atoms with E-state index in [9.17, 15) is 14.9 Å². The minimum atomic E-state index is -0.439. The number of Topliss-reactive ketones (excluding diaryl/α,β-unsaturated/α-hetero) is 1. The molecule has 1 rings (SSSR count). The van der Waals surface area contributed by atoms with E-state index in [0.29, 0.717) is 6.42 Å². The average Bonchev–Trinajstić information content (AvgIpc) is 2.30. The molecular formula is C13H17NO3. The van der Waals surface area contributed by atoms with Crippen LogP contribution in [0.15, 0.2) is 24.3 Å². The molecule has 0 fully saturated rings. The van der Waals surface area contributed by atoms with E-state index in [0.717, 1.165) is 18.4 Å². The molecule has 0 spiro atoms. The second-order valence-electron chi connectivity index (χ2n) is 4.26. The number of hydrogen-bond donors (Lipinski definition) is 0. The normalized spacial score (nSPS) is 12.1. The van der Waals surface area contributed by atoms with E-state index in [1.165, 1.54) is 12.1 Å². The Morgan fingerprint density at radius 3 is 2.41 bits per heavy atom. The molecule has 92 valence electrons. The molecule has 1 aromatic carbocycles. The highest BCUT2D eigenvalue weighted by molar-refractivity contribution is 5.82. The second-order valence-corrected chi connectivity index (χ2v) is 4.26. The number of ketones is 1. The highest BCUT2D eigenvalue weighted by Crippen LogP contribution is 2.15. The Morgan fingerprint density at radius 1 is 1.35 bits per heavy atom. The van der Waals surface area contributed by atoms with Crippen molar-refractivity contribution >= 4 is 11.5 Å². The Bertz CT molecular complexity index is 398. The first-order valence-electron chi connectivity index (χ1n) is 5.80. The van der Waals surface area contributed by atoms with Crippen LogP contribution >= 0.6 is 0 Å². The predicted octanol–water partition coefficient (Wildman–Crippen LogP) is 3.14. The molecule has 17 heavy (non-hydrogen) atoms. The molecule has 0 saturated heterocycles. The molecule has 0 radical (unpaired) electrons. The van der Waals surface area contributed by atoms with E-state index in [1.54, 1.807) is 12.1 Å². The number of rotatable bonds is 6. The Hall–Kier alpha value is -1.71. The van der Waals surface area contributed by atoms with E-state index in [1.807, 2.05) is 6.92 Å². The first-order valence-corrected chi connectivity index (χ1v) is 5.80. The van der Waals surface area contributed by atoms with Crippen LogP contribution < -0.4 is 0 Å². The maximum absolute atomic E-state index is 11.8. The molecule has 0 bridgehead atoms. The van der Waals surface area contributed by atoms with Crippen molar-refractivity contribution in [2.24, 2.45) is 5.92 Å². The molecule has 1 aromatic rings. The van der Waals surface area contributed by atoms with Crippen LogP contribution in [0.4, 0.5) is 5.69 Å². The minimum Gasteiger partial charge on any atom is -0.299 e. The van der Waals surface area contributed by atoms with Gasteiger partial charge in [-0.15, -0.1) is 0 Å². The van der Waals surface area contributed by atoms with Crippen LogP contribution in [-0.2, 0) is 11.2 Å². The fraction of sp³-hybridized carbons (Fsp3) is 0.462. The summed E-state index contributed by atoms with van der Waals surface area (Å²) >= 11 is 0. The second kappa shape index (κ2) is 6.13. The number of non-ortho nitro benzene ring substituents is 1. The van der Waals surface area contributed by atoms with Gasteiger partial charge in [-0.05, 0) is 12.0 Å². The molecule has 0 aliphatic heterocycles. The molecule has 1 unspecified atom stereocenters. The molecule has 0 N–H and O–H groups in total. The minimum absolute atomic E-state index is 0.0582. The van der Waals surface area contributed by atoms with Crippen LogP contribution in [0.1, 0.15) is 32.3 Å². The molecule has 0 heterocycles. The number of carbonyl (C=O) groups excluding carboxylic acids is 1. The summed E-state index contributed by atoms with van der Waals surface area (Å²) in [6.45, 7) is 3.98. The maximum atomic E-state index is 11.8. The van der Waals surface area contributed by atoms with Crippen LogP contribution in [0.3, 0.4) is 0 Å². The summed E-state index contributed by atoms with van der Waals surface area (Å²) in [6, 6.07) is 6.17. The molecule has 1 atom stereocenters. The van der Waals surface area contributed by atoms with Gasteiger partial charge in [0.05, 0.1) is 4.92 Å². The van der Waals surface area contributed by atoms with Gasteiger partial charge in [0.15, 0.2) is 0 Å². The smallest absolute Gasteiger partial charge is 0.269 e. The molecule has 0 saturated carbocycles. The third-order valence-corrected chi connectivity index (χ3v) is 2.80.